The number of amides is 6. The van der Waals surface area contributed by atoms with Gasteiger partial charge in [-0.25, -0.2) is 14.8 Å². The minimum Gasteiger partial charge on any atom is -0.371 e. The molecular weight excluding hydrogens is 727 g/mol. The van der Waals surface area contributed by atoms with Crippen LogP contribution in [0.25, 0.3) is 0 Å². The van der Waals surface area contributed by atoms with Gasteiger partial charge in [0.25, 0.3) is 17.7 Å². The Morgan fingerprint density at radius 2 is 1.67 bits per heavy atom. The first-order valence-corrected chi connectivity index (χ1v) is 19.8. The van der Waals surface area contributed by atoms with E-state index in [1.165, 1.54) is 0 Å². The van der Waals surface area contributed by atoms with E-state index < -0.39 is 23.8 Å². The molecule has 5 saturated heterocycles. The third kappa shape index (κ3) is 6.81. The summed E-state index contributed by atoms with van der Waals surface area (Å²) in [6, 6.07) is 12.9. The molecule has 6 aliphatic rings. The average Bonchev–Trinajstić information content (AvgIpc) is 3.93. The van der Waals surface area contributed by atoms with Crippen LogP contribution >= 0.6 is 0 Å². The number of fused-ring (bicyclic) bond motifs is 2. The van der Waals surface area contributed by atoms with Gasteiger partial charge in [0.2, 0.25) is 5.91 Å². The molecule has 6 amide bonds. The Kier molecular flexibility index (Phi) is 9.30. The second-order valence-corrected chi connectivity index (χ2v) is 16.2. The molecule has 296 valence electrons. The molecule has 16 nitrogen and oxygen atoms in total. The van der Waals surface area contributed by atoms with Gasteiger partial charge in [0.15, 0.2) is 11.5 Å². The Hall–Kier alpha value is -6.03. The van der Waals surface area contributed by atoms with Crippen molar-refractivity contribution in [1.82, 2.24) is 34.9 Å². The van der Waals surface area contributed by atoms with Crippen molar-refractivity contribution in [2.75, 3.05) is 74.5 Å². The highest BCUT2D eigenvalue weighted by molar-refractivity contribution is 6.23. The largest absolute Gasteiger partial charge is 0.371 e. The van der Waals surface area contributed by atoms with E-state index in [4.69, 9.17) is 10.7 Å². The average molecular weight is 774 g/mol. The van der Waals surface area contributed by atoms with Gasteiger partial charge in [0, 0.05) is 83.0 Å². The van der Waals surface area contributed by atoms with Gasteiger partial charge >= 0.3 is 6.03 Å². The van der Waals surface area contributed by atoms with E-state index in [0.29, 0.717) is 72.8 Å². The molecular formula is C41H47N11O5. The molecule has 16 heteroatoms. The maximum atomic E-state index is 13.4. The molecule has 0 bridgehead atoms. The summed E-state index contributed by atoms with van der Waals surface area (Å²) in [5.74, 6) is 0.0431. The summed E-state index contributed by atoms with van der Waals surface area (Å²) in [4.78, 5) is 85.2. The van der Waals surface area contributed by atoms with Crippen LogP contribution < -0.4 is 26.2 Å². The molecule has 0 aliphatic carbocycles. The van der Waals surface area contributed by atoms with Crippen molar-refractivity contribution in [1.29, 1.82) is 0 Å². The monoisotopic (exact) mass is 773 g/mol. The molecule has 57 heavy (non-hydrogen) atoms. The van der Waals surface area contributed by atoms with Crippen molar-refractivity contribution in [3.05, 3.63) is 83.3 Å². The van der Waals surface area contributed by atoms with Gasteiger partial charge in [-0.1, -0.05) is 12.6 Å². The van der Waals surface area contributed by atoms with Crippen molar-refractivity contribution in [3.63, 3.8) is 0 Å². The summed E-state index contributed by atoms with van der Waals surface area (Å²) < 4.78 is 0. The molecule has 2 aromatic carbocycles. The number of carbonyl (C=O) groups is 5. The summed E-state index contributed by atoms with van der Waals surface area (Å²) in [5, 5.41) is 5.96. The molecule has 7 heterocycles. The molecule has 1 aromatic heterocycles. The van der Waals surface area contributed by atoms with Crippen molar-refractivity contribution < 1.29 is 24.0 Å². The lowest BCUT2D eigenvalue weighted by molar-refractivity contribution is -0.125. The van der Waals surface area contributed by atoms with E-state index >= 15 is 0 Å². The number of primary amides is 1. The van der Waals surface area contributed by atoms with Crippen molar-refractivity contribution in [2.24, 2.45) is 17.6 Å². The Labute approximate surface area is 330 Å². The number of nitrogens with two attached hydrogens (primary N) is 1. The fraction of sp³-hybridized carbons (Fsp3) is 0.439. The van der Waals surface area contributed by atoms with Crippen LogP contribution in [-0.4, -0.2) is 131 Å². The quantitative estimate of drug-likeness (QED) is 0.272. The van der Waals surface area contributed by atoms with Crippen LogP contribution in [0.15, 0.2) is 60.9 Å². The van der Waals surface area contributed by atoms with Crippen LogP contribution in [0.3, 0.4) is 0 Å². The molecule has 0 saturated carbocycles. The number of piperidine rings is 2. The summed E-state index contributed by atoms with van der Waals surface area (Å²) in [6.07, 6.45) is 4.33. The number of nitrogens with zero attached hydrogens (tertiary/aromatic N) is 8. The first-order valence-electron chi connectivity index (χ1n) is 19.8. The van der Waals surface area contributed by atoms with Crippen LogP contribution in [0.4, 0.5) is 27.8 Å². The summed E-state index contributed by atoms with van der Waals surface area (Å²) in [6.45, 7) is 11.0. The number of aromatic nitrogens is 2. The van der Waals surface area contributed by atoms with E-state index in [9.17, 15) is 24.0 Å². The fourth-order valence-electron chi connectivity index (χ4n) is 9.50. The first-order chi connectivity index (χ1) is 27.5. The molecule has 9 rings (SSSR count). The van der Waals surface area contributed by atoms with Crippen molar-refractivity contribution in [3.8, 4) is 0 Å². The predicted octanol–water partition coefficient (Wildman–Crippen LogP) is 2.61. The zero-order valence-electron chi connectivity index (χ0n) is 32.0. The third-order valence-corrected chi connectivity index (χ3v) is 12.5. The minimum absolute atomic E-state index is 0.0572. The third-order valence-electron chi connectivity index (χ3n) is 12.5. The molecule has 3 aromatic rings. The second-order valence-electron chi connectivity index (χ2n) is 16.2. The number of anilines is 4. The highest BCUT2D eigenvalue weighted by Gasteiger charge is 2.45. The molecule has 3 unspecified atom stereocenters. The fourth-order valence-corrected chi connectivity index (χ4v) is 9.50. The van der Waals surface area contributed by atoms with Crippen LogP contribution in [0.5, 0.6) is 0 Å². The van der Waals surface area contributed by atoms with E-state index in [1.807, 2.05) is 36.2 Å². The number of benzene rings is 2. The van der Waals surface area contributed by atoms with Crippen LogP contribution in [0.2, 0.25) is 0 Å². The number of allylic oxidation sites excluding steroid dienone is 1. The lowest BCUT2D eigenvalue weighted by Gasteiger charge is -2.37. The van der Waals surface area contributed by atoms with E-state index in [1.54, 1.807) is 17.2 Å². The molecule has 0 spiro atoms. The number of hydrogen-bond donors (Lipinski definition) is 3. The highest BCUT2D eigenvalue weighted by Crippen LogP contribution is 2.36. The van der Waals surface area contributed by atoms with E-state index in [2.05, 4.69) is 49.0 Å². The Bertz CT molecular complexity index is 2160. The molecule has 6 aliphatic heterocycles. The summed E-state index contributed by atoms with van der Waals surface area (Å²) >= 11 is 0. The summed E-state index contributed by atoms with van der Waals surface area (Å²) in [5.41, 5.74) is 9.92. The lowest BCUT2D eigenvalue weighted by Crippen LogP contribution is -2.51. The number of rotatable bonds is 9. The maximum Gasteiger partial charge on any atom is 0.320 e. The van der Waals surface area contributed by atoms with Crippen molar-refractivity contribution in [2.45, 2.75) is 44.3 Å². The van der Waals surface area contributed by atoms with E-state index in [0.717, 1.165) is 73.9 Å². The van der Waals surface area contributed by atoms with E-state index in [-0.39, 0.29) is 23.7 Å². The normalized spacial score (nSPS) is 25.1. The SMILES string of the molecule is C=C1CCC(N2C(=O)c3ccc(CN4CC5CN(c6ccc(Nc7nc(N8CCC[C@@H](N9CCN(C)C9=O)C8)cnc7C(N)=O)cc6)CC5C4)cc3C2=O)C(=O)N1. The number of carbonyl (C=O) groups excluding carboxylic acids is 5. The van der Waals surface area contributed by atoms with Crippen LogP contribution in [0.1, 0.15) is 62.5 Å². The lowest BCUT2D eigenvalue weighted by atomic mass is 10.0. The van der Waals surface area contributed by atoms with Gasteiger partial charge in [0.1, 0.15) is 11.9 Å². The Morgan fingerprint density at radius 3 is 2.37 bits per heavy atom. The van der Waals surface area contributed by atoms with Crippen LogP contribution in [0, 0.1) is 11.8 Å². The van der Waals surface area contributed by atoms with Gasteiger partial charge in [0.05, 0.1) is 23.4 Å². The van der Waals surface area contributed by atoms with Gasteiger partial charge in [-0.05, 0) is 79.5 Å². The topological polar surface area (TPSA) is 181 Å². The minimum atomic E-state index is -0.822. The standard InChI is InChI=1S/C41H47N11O5/c1-24-5-12-33(38(54)44-24)52-39(55)31-11-6-25(16-32(31)40(52)56)18-48-19-26-21-50(22-27(26)20-48)29-9-7-28(8-10-29)45-37-35(36(42)53)43-17-34(46-37)49-13-3-4-30(23-49)51-15-14-47(2)41(51)57/h6-11,16-17,26-27,30,33H,1,3-5,12-15,18-23H2,2H3,(H2,42,53)(H,44,54)(H,45,46)/t26?,27?,30-,33?/m1/s1. The van der Waals surface area contributed by atoms with Crippen molar-refractivity contribution >= 4 is 52.7 Å². The number of nitrogens with one attached hydrogen (secondary N) is 2. The van der Waals surface area contributed by atoms with Crippen LogP contribution in [-0.2, 0) is 11.3 Å². The molecule has 0 radical (unpaired) electrons. The highest BCUT2D eigenvalue weighted by atomic mass is 16.2. The zero-order chi connectivity index (χ0) is 39.5. The number of likely N-dealkylation sites (tertiary alicyclic amines) is 1. The van der Waals surface area contributed by atoms with Gasteiger partial charge in [-0.15, -0.1) is 0 Å². The van der Waals surface area contributed by atoms with Gasteiger partial charge < -0.3 is 36.0 Å². The Balaban J connectivity index is 0.808. The van der Waals surface area contributed by atoms with Gasteiger partial charge in [-0.2, -0.15) is 0 Å². The zero-order valence-corrected chi connectivity index (χ0v) is 32.0. The predicted molar refractivity (Wildman–Crippen MR) is 212 cm³/mol. The number of imide groups is 1. The molecule has 4 atom stereocenters. The summed E-state index contributed by atoms with van der Waals surface area (Å²) in [7, 11) is 1.83. The second kappa shape index (κ2) is 14.5. The maximum absolute atomic E-state index is 13.4. The molecule has 4 N–H and O–H groups in total. The van der Waals surface area contributed by atoms with Gasteiger partial charge in [-0.3, -0.25) is 29.0 Å². The Morgan fingerprint density at radius 1 is 0.912 bits per heavy atom. The first kappa shape index (κ1) is 36.6. The number of hydrogen-bond acceptors (Lipinski definition) is 11. The number of urea groups is 1. The number of likely N-dealkylation sites (N-methyl/N-ethyl adjacent to an activating group) is 1. The molecule has 5 fully saturated rings. The smallest absolute Gasteiger partial charge is 0.320 e.